The topological polar surface area (TPSA) is 0 Å². The molecule has 132 valence electrons. The summed E-state index contributed by atoms with van der Waals surface area (Å²) in [5, 5.41) is 0. The number of halogens is 2. The number of allylic oxidation sites excluding steroid dienone is 4. The molecule has 4 heteroatoms. The standard InChI is InChI=1S/C22H22Cl2Si.Zr/c1-13-15(3)21(23,19-11-7-5-9-17(13)19)25-22(24)16(4)14(2)18-10-6-8-12-20(18)22;/h5-12H,25H2,1-4H3;. The van der Waals surface area contributed by atoms with E-state index < -0.39 is 18.5 Å². The number of hydrogen-bond acceptors (Lipinski definition) is 0. The molecule has 2 atom stereocenters. The van der Waals surface area contributed by atoms with E-state index in [1.54, 1.807) is 0 Å². The molecule has 0 N–H and O–H groups in total. The van der Waals surface area contributed by atoms with Gasteiger partial charge in [0.1, 0.15) is 0 Å². The van der Waals surface area contributed by atoms with E-state index in [0.29, 0.717) is 0 Å². The van der Waals surface area contributed by atoms with Gasteiger partial charge in [0.15, 0.2) is 0 Å². The summed E-state index contributed by atoms with van der Waals surface area (Å²) in [6.07, 6.45) is 0. The Morgan fingerprint density at radius 3 is 1.38 bits per heavy atom. The Bertz CT molecular complexity index is 885. The molecule has 0 radical (unpaired) electrons. The number of rotatable bonds is 2. The van der Waals surface area contributed by atoms with Crippen LogP contribution in [-0.4, -0.2) is 9.52 Å². The van der Waals surface area contributed by atoms with Crippen molar-refractivity contribution < 1.29 is 26.2 Å². The molecule has 0 saturated heterocycles. The molecule has 2 unspecified atom stereocenters. The van der Waals surface area contributed by atoms with Crippen molar-refractivity contribution >= 4 is 43.9 Å². The quantitative estimate of drug-likeness (QED) is 0.371. The molecule has 2 aliphatic rings. The van der Waals surface area contributed by atoms with Crippen molar-refractivity contribution in [2.45, 2.75) is 36.7 Å². The maximum absolute atomic E-state index is 7.39. The second-order valence-corrected chi connectivity index (χ2v) is 12.0. The molecule has 0 saturated carbocycles. The molecule has 0 amide bonds. The van der Waals surface area contributed by atoms with Crippen molar-refractivity contribution in [1.82, 2.24) is 0 Å². The smallest absolute Gasteiger partial charge is 0.0923 e. The number of benzene rings is 2. The first kappa shape index (κ1) is 20.3. The SMILES string of the molecule is CC1=C(C)C(Cl)([SiH2]C2(Cl)C(C)=C(C)c3ccccc32)c2ccccc21.[Zr]. The van der Waals surface area contributed by atoms with Crippen LogP contribution in [0.1, 0.15) is 49.9 Å². The maximum atomic E-state index is 7.39. The summed E-state index contributed by atoms with van der Waals surface area (Å²) in [5.41, 5.74) is 10.2. The zero-order chi connectivity index (χ0) is 18.0. The van der Waals surface area contributed by atoms with Crippen LogP contribution >= 0.6 is 23.2 Å². The molecule has 2 aliphatic carbocycles. The minimum Gasteiger partial charge on any atom is -0.114 e. The van der Waals surface area contributed by atoms with E-state index in [9.17, 15) is 0 Å². The van der Waals surface area contributed by atoms with Gasteiger partial charge in [-0.05, 0) is 72.2 Å². The van der Waals surface area contributed by atoms with Gasteiger partial charge in [0.25, 0.3) is 0 Å². The Hall–Kier alpha value is -0.400. The Labute approximate surface area is 187 Å². The molecule has 2 aromatic carbocycles. The van der Waals surface area contributed by atoms with Gasteiger partial charge in [0, 0.05) is 26.2 Å². The van der Waals surface area contributed by atoms with E-state index >= 15 is 0 Å². The van der Waals surface area contributed by atoms with Gasteiger partial charge in [0.05, 0.1) is 18.5 Å². The van der Waals surface area contributed by atoms with E-state index in [1.807, 2.05) is 0 Å². The fraction of sp³-hybridized carbons (Fsp3) is 0.273. The summed E-state index contributed by atoms with van der Waals surface area (Å²) in [4.78, 5) is 0. The predicted octanol–water partition coefficient (Wildman–Crippen LogP) is 5.95. The molecule has 0 bridgehead atoms. The van der Waals surface area contributed by atoms with Gasteiger partial charge in [-0.25, -0.2) is 0 Å². The first-order chi connectivity index (χ1) is 11.8. The molecule has 26 heavy (non-hydrogen) atoms. The van der Waals surface area contributed by atoms with Gasteiger partial charge in [-0.15, -0.1) is 23.2 Å². The van der Waals surface area contributed by atoms with E-state index in [-0.39, 0.29) is 26.2 Å². The average molecular weight is 477 g/mol. The molecule has 0 fully saturated rings. The minimum atomic E-state index is -0.989. The molecule has 0 heterocycles. The number of hydrogen-bond donors (Lipinski definition) is 0. The summed E-state index contributed by atoms with van der Waals surface area (Å²) in [7, 11) is -0.989. The summed E-state index contributed by atoms with van der Waals surface area (Å²) >= 11 is 14.8. The van der Waals surface area contributed by atoms with Crippen molar-refractivity contribution in [3.8, 4) is 0 Å². The zero-order valence-corrected chi connectivity index (χ0v) is 21.0. The monoisotopic (exact) mass is 474 g/mol. The number of alkyl halides is 2. The average Bonchev–Trinajstić information content (AvgIpc) is 2.93. The van der Waals surface area contributed by atoms with Gasteiger partial charge in [0.2, 0.25) is 0 Å². The van der Waals surface area contributed by atoms with Gasteiger partial charge in [-0.3, -0.25) is 0 Å². The number of fused-ring (bicyclic) bond motifs is 2. The van der Waals surface area contributed by atoms with Crippen LogP contribution in [0.4, 0.5) is 0 Å². The van der Waals surface area contributed by atoms with Crippen LogP contribution in [0.25, 0.3) is 11.1 Å². The minimum absolute atomic E-state index is 0. The fourth-order valence-electron chi connectivity index (χ4n) is 4.51. The third-order valence-corrected chi connectivity index (χ3v) is 10.9. The summed E-state index contributed by atoms with van der Waals surface area (Å²) in [5.74, 6) is 0. The molecule has 4 rings (SSSR count). The molecule has 0 aromatic heterocycles. The van der Waals surface area contributed by atoms with E-state index in [1.165, 1.54) is 44.5 Å². The molecule has 0 nitrogen and oxygen atoms in total. The molecular formula is C22H22Cl2SiZr. The normalized spacial score (nSPS) is 27.2. The fourth-order valence-corrected chi connectivity index (χ4v) is 9.26. The van der Waals surface area contributed by atoms with Gasteiger partial charge >= 0.3 is 0 Å². The summed E-state index contributed by atoms with van der Waals surface area (Å²) in [6, 6.07) is 17.1. The second kappa shape index (κ2) is 6.89. The maximum Gasteiger partial charge on any atom is 0.0923 e. The molecule has 0 spiro atoms. The van der Waals surface area contributed by atoms with Crippen molar-refractivity contribution in [1.29, 1.82) is 0 Å². The van der Waals surface area contributed by atoms with E-state index in [0.717, 1.165) is 0 Å². The van der Waals surface area contributed by atoms with Crippen LogP contribution in [-0.2, 0) is 35.2 Å². The Morgan fingerprint density at radius 2 is 1.00 bits per heavy atom. The van der Waals surface area contributed by atoms with Crippen molar-refractivity contribution in [2.24, 2.45) is 0 Å². The largest absolute Gasteiger partial charge is 0.114 e. The van der Waals surface area contributed by atoms with Crippen LogP contribution in [0.2, 0.25) is 0 Å². The van der Waals surface area contributed by atoms with Gasteiger partial charge in [-0.1, -0.05) is 48.5 Å². The third kappa shape index (κ3) is 2.64. The van der Waals surface area contributed by atoms with E-state index in [4.69, 9.17) is 23.2 Å². The predicted molar refractivity (Wildman–Crippen MR) is 113 cm³/mol. The van der Waals surface area contributed by atoms with Crippen LogP contribution < -0.4 is 0 Å². The second-order valence-electron chi connectivity index (χ2n) is 7.37. The van der Waals surface area contributed by atoms with Crippen molar-refractivity contribution in [2.75, 3.05) is 0 Å². The van der Waals surface area contributed by atoms with Gasteiger partial charge < -0.3 is 0 Å². The van der Waals surface area contributed by atoms with Crippen LogP contribution in [0.15, 0.2) is 59.7 Å². The van der Waals surface area contributed by atoms with Crippen LogP contribution in [0.3, 0.4) is 0 Å². The molecule has 0 aliphatic heterocycles. The van der Waals surface area contributed by atoms with E-state index in [2.05, 4.69) is 76.2 Å². The van der Waals surface area contributed by atoms with Gasteiger partial charge in [-0.2, -0.15) is 0 Å². The first-order valence-corrected chi connectivity index (χ1v) is 10.9. The summed E-state index contributed by atoms with van der Waals surface area (Å²) in [6.45, 7) is 8.74. The summed E-state index contributed by atoms with van der Waals surface area (Å²) < 4.78 is -0.858. The van der Waals surface area contributed by atoms with Crippen molar-refractivity contribution in [3.05, 3.63) is 81.9 Å². The Morgan fingerprint density at radius 1 is 0.654 bits per heavy atom. The zero-order valence-electron chi connectivity index (χ0n) is 15.6. The van der Waals surface area contributed by atoms with Crippen LogP contribution in [0.5, 0.6) is 0 Å². The molecular weight excluding hydrogens is 454 g/mol. The van der Waals surface area contributed by atoms with Crippen molar-refractivity contribution in [3.63, 3.8) is 0 Å². The Kier molecular flexibility index (Phi) is 5.39. The third-order valence-electron chi connectivity index (χ3n) is 6.32. The molecule has 2 aromatic rings. The Balaban J connectivity index is 0.00000196. The first-order valence-electron chi connectivity index (χ1n) is 8.74. The van der Waals surface area contributed by atoms with Crippen LogP contribution in [0, 0.1) is 0 Å².